The molecule has 1 heterocycles. The normalized spacial score (nSPS) is 45.0. The van der Waals surface area contributed by atoms with Crippen LogP contribution < -0.4 is 0 Å². The summed E-state index contributed by atoms with van der Waals surface area (Å²) in [4.78, 5) is 24.3. The summed E-state index contributed by atoms with van der Waals surface area (Å²) in [5.74, 6) is 3.50. The molecule has 178 valence electrons. The van der Waals surface area contributed by atoms with E-state index in [9.17, 15) is 9.59 Å². The standard InChI is InChI=1S/C30H40O3/c1-18-13-15-33-30(18)14-12-27-25-10-8-22-16-23(32)9-11-24(22)28(25)26(17-29(27,30)3)21-6-4-20(5-7-21)19(2)31/h16,20-21,25-27H,1,4-15,17H2,2-3H3/t20?,21?,25?,26-,27?,29+,30-/m1/s1. The Morgan fingerprint density at radius 2 is 1.82 bits per heavy atom. The van der Waals surface area contributed by atoms with Gasteiger partial charge in [0.25, 0.3) is 0 Å². The van der Waals surface area contributed by atoms with E-state index in [0.29, 0.717) is 41.7 Å². The summed E-state index contributed by atoms with van der Waals surface area (Å²) >= 11 is 0. The van der Waals surface area contributed by atoms with Crippen LogP contribution in [-0.2, 0) is 14.3 Å². The Hall–Kier alpha value is -1.48. The lowest BCUT2D eigenvalue weighted by Gasteiger charge is -2.57. The number of rotatable bonds is 2. The highest BCUT2D eigenvalue weighted by Gasteiger charge is 2.66. The lowest BCUT2D eigenvalue weighted by Crippen LogP contribution is -2.53. The van der Waals surface area contributed by atoms with Gasteiger partial charge in [0.1, 0.15) is 5.78 Å². The zero-order valence-electron chi connectivity index (χ0n) is 20.6. The van der Waals surface area contributed by atoms with Gasteiger partial charge in [0.05, 0.1) is 12.2 Å². The number of Topliss-reactive ketones (excluding diaryl/α,β-unsaturated/α-hetero) is 1. The molecule has 3 nitrogen and oxygen atoms in total. The third kappa shape index (κ3) is 3.10. The molecule has 4 fully saturated rings. The summed E-state index contributed by atoms with van der Waals surface area (Å²) in [6.45, 7) is 9.71. The van der Waals surface area contributed by atoms with E-state index in [2.05, 4.69) is 13.5 Å². The van der Waals surface area contributed by atoms with Gasteiger partial charge in [-0.3, -0.25) is 9.59 Å². The van der Waals surface area contributed by atoms with E-state index in [1.54, 1.807) is 18.1 Å². The van der Waals surface area contributed by atoms with Crippen LogP contribution in [0.5, 0.6) is 0 Å². The molecule has 2 unspecified atom stereocenters. The minimum atomic E-state index is -0.124. The molecule has 0 bridgehead atoms. The quantitative estimate of drug-likeness (QED) is 0.451. The van der Waals surface area contributed by atoms with Gasteiger partial charge >= 0.3 is 0 Å². The maximum atomic E-state index is 12.2. The Labute approximate surface area is 199 Å². The van der Waals surface area contributed by atoms with Crippen LogP contribution in [0, 0.1) is 35.0 Å². The molecule has 1 aliphatic heterocycles. The van der Waals surface area contributed by atoms with Gasteiger partial charge in [-0.05, 0) is 124 Å². The second kappa shape index (κ2) is 7.77. The molecule has 3 heteroatoms. The lowest BCUT2D eigenvalue weighted by atomic mass is 9.49. The van der Waals surface area contributed by atoms with E-state index >= 15 is 0 Å². The van der Waals surface area contributed by atoms with Crippen molar-refractivity contribution in [2.24, 2.45) is 35.0 Å². The number of carbonyl (C=O) groups is 2. The van der Waals surface area contributed by atoms with Crippen molar-refractivity contribution in [3.05, 3.63) is 34.9 Å². The molecule has 1 saturated heterocycles. The van der Waals surface area contributed by atoms with Gasteiger partial charge in [0, 0.05) is 17.8 Å². The van der Waals surface area contributed by atoms with Crippen LogP contribution in [0.2, 0.25) is 0 Å². The number of hydrogen-bond donors (Lipinski definition) is 0. The van der Waals surface area contributed by atoms with E-state index in [1.165, 1.54) is 43.3 Å². The van der Waals surface area contributed by atoms with Crippen molar-refractivity contribution in [1.29, 1.82) is 0 Å². The molecule has 0 aromatic carbocycles. The third-order valence-corrected chi connectivity index (χ3v) is 11.1. The molecule has 5 atom stereocenters. The van der Waals surface area contributed by atoms with E-state index in [4.69, 9.17) is 4.74 Å². The molecule has 5 aliphatic carbocycles. The summed E-state index contributed by atoms with van der Waals surface area (Å²) in [6, 6.07) is 0. The van der Waals surface area contributed by atoms with Crippen LogP contribution in [0.4, 0.5) is 0 Å². The van der Waals surface area contributed by atoms with E-state index in [-0.39, 0.29) is 16.9 Å². The van der Waals surface area contributed by atoms with Crippen LogP contribution in [0.3, 0.4) is 0 Å². The van der Waals surface area contributed by atoms with Gasteiger partial charge < -0.3 is 4.74 Å². The Balaban J connectivity index is 1.43. The molecule has 6 aliphatic rings. The van der Waals surface area contributed by atoms with Gasteiger partial charge in [-0.25, -0.2) is 0 Å². The summed E-state index contributed by atoms with van der Waals surface area (Å²) in [5.41, 5.74) is 6.05. The molecule has 0 radical (unpaired) electrons. The van der Waals surface area contributed by atoms with Crippen LogP contribution in [0.25, 0.3) is 0 Å². The Morgan fingerprint density at radius 3 is 2.52 bits per heavy atom. The highest BCUT2D eigenvalue weighted by atomic mass is 16.5. The van der Waals surface area contributed by atoms with Gasteiger partial charge in [-0.1, -0.05) is 19.1 Å². The van der Waals surface area contributed by atoms with Crippen molar-refractivity contribution >= 4 is 11.6 Å². The van der Waals surface area contributed by atoms with Crippen LogP contribution in [-0.4, -0.2) is 23.8 Å². The fraction of sp³-hybridized carbons (Fsp3) is 0.733. The second-order valence-corrected chi connectivity index (χ2v) is 12.3. The number of allylic oxidation sites excluding steroid dienone is 4. The van der Waals surface area contributed by atoms with Crippen molar-refractivity contribution in [1.82, 2.24) is 0 Å². The molecular weight excluding hydrogens is 408 g/mol. The minimum Gasteiger partial charge on any atom is -0.370 e. The SMILES string of the molecule is C=C1CCO[C@]12CCC1C3CCC4=CC(=O)CCC4=C3[C@@H](C3CCC(C(C)=O)CC3)C[C@@]12C. The van der Waals surface area contributed by atoms with Crippen molar-refractivity contribution in [2.75, 3.05) is 6.61 Å². The van der Waals surface area contributed by atoms with Gasteiger partial charge in [-0.2, -0.15) is 0 Å². The molecule has 0 aromatic heterocycles. The number of ether oxygens (including phenoxy) is 1. The van der Waals surface area contributed by atoms with Crippen molar-refractivity contribution in [3.63, 3.8) is 0 Å². The summed E-state index contributed by atoms with van der Waals surface area (Å²) in [5, 5.41) is 0. The molecule has 3 saturated carbocycles. The Bertz CT molecular complexity index is 961. The number of ketones is 2. The average Bonchev–Trinajstić information content (AvgIpc) is 3.33. The molecular formula is C30H40O3. The average molecular weight is 449 g/mol. The minimum absolute atomic E-state index is 0.124. The first-order valence-electron chi connectivity index (χ1n) is 13.6. The van der Waals surface area contributed by atoms with Gasteiger partial charge in [0.15, 0.2) is 5.78 Å². The topological polar surface area (TPSA) is 43.4 Å². The highest BCUT2D eigenvalue weighted by molar-refractivity contribution is 5.93. The molecule has 33 heavy (non-hydrogen) atoms. The first-order valence-corrected chi connectivity index (χ1v) is 13.6. The third-order valence-electron chi connectivity index (χ3n) is 11.1. The Kier molecular flexibility index (Phi) is 5.18. The predicted octanol–water partition coefficient (Wildman–Crippen LogP) is 6.53. The molecule has 6 rings (SSSR count). The lowest BCUT2D eigenvalue weighted by molar-refractivity contribution is -0.122. The number of carbonyl (C=O) groups excluding carboxylic acids is 2. The van der Waals surface area contributed by atoms with Crippen molar-refractivity contribution in [3.8, 4) is 0 Å². The monoisotopic (exact) mass is 448 g/mol. The van der Waals surface area contributed by atoms with Gasteiger partial charge in [0.2, 0.25) is 0 Å². The first-order chi connectivity index (χ1) is 15.8. The van der Waals surface area contributed by atoms with E-state index in [0.717, 1.165) is 45.1 Å². The first kappa shape index (κ1) is 22.0. The van der Waals surface area contributed by atoms with E-state index in [1.807, 2.05) is 6.08 Å². The maximum absolute atomic E-state index is 12.2. The largest absolute Gasteiger partial charge is 0.370 e. The second-order valence-electron chi connectivity index (χ2n) is 12.3. The van der Waals surface area contributed by atoms with Gasteiger partial charge in [-0.15, -0.1) is 0 Å². The van der Waals surface area contributed by atoms with Crippen LogP contribution in [0.15, 0.2) is 34.9 Å². The Morgan fingerprint density at radius 1 is 1.03 bits per heavy atom. The summed E-state index contributed by atoms with van der Waals surface area (Å²) in [6.07, 6.45) is 14.9. The zero-order chi connectivity index (χ0) is 23.0. The predicted molar refractivity (Wildman–Crippen MR) is 130 cm³/mol. The fourth-order valence-electron chi connectivity index (χ4n) is 9.53. The number of hydrogen-bond acceptors (Lipinski definition) is 3. The summed E-state index contributed by atoms with van der Waals surface area (Å²) < 4.78 is 6.65. The fourth-order valence-corrected chi connectivity index (χ4v) is 9.53. The molecule has 0 N–H and O–H groups in total. The highest BCUT2D eigenvalue weighted by Crippen LogP contribution is 2.69. The maximum Gasteiger partial charge on any atom is 0.156 e. The van der Waals surface area contributed by atoms with Crippen molar-refractivity contribution in [2.45, 2.75) is 96.5 Å². The molecule has 0 amide bonds. The van der Waals surface area contributed by atoms with Crippen LogP contribution >= 0.6 is 0 Å². The van der Waals surface area contributed by atoms with Crippen LogP contribution in [0.1, 0.15) is 90.9 Å². The van der Waals surface area contributed by atoms with Crippen molar-refractivity contribution < 1.29 is 14.3 Å². The number of fused-ring (bicyclic) bond motifs is 5. The zero-order valence-corrected chi connectivity index (χ0v) is 20.6. The molecule has 0 aromatic rings. The molecule has 1 spiro atoms. The smallest absolute Gasteiger partial charge is 0.156 e. The summed E-state index contributed by atoms with van der Waals surface area (Å²) in [7, 11) is 0. The van der Waals surface area contributed by atoms with E-state index < -0.39 is 0 Å².